The van der Waals surface area contributed by atoms with Gasteiger partial charge in [0.25, 0.3) is 0 Å². The molecule has 0 bridgehead atoms. The molecule has 36 heavy (non-hydrogen) atoms. The van der Waals surface area contributed by atoms with E-state index in [0.717, 1.165) is 23.3 Å². The number of aryl methyl sites for hydroxylation is 2. The predicted molar refractivity (Wildman–Crippen MR) is 129 cm³/mol. The van der Waals surface area contributed by atoms with Crippen LogP contribution in [0.3, 0.4) is 0 Å². The second-order valence-electron chi connectivity index (χ2n) is 8.39. The summed E-state index contributed by atoms with van der Waals surface area (Å²) in [7, 11) is -2.54. The number of aliphatic hydroxyl groups is 1. The first kappa shape index (κ1) is 25.4. The van der Waals surface area contributed by atoms with Gasteiger partial charge >= 0.3 is 0 Å². The molecule has 4 rings (SSSR count). The third kappa shape index (κ3) is 5.26. The minimum absolute atomic E-state index is 0.0749. The molecule has 4 aromatic rings. The Morgan fingerprint density at radius 3 is 2.56 bits per heavy atom. The molecule has 0 aliphatic heterocycles. The van der Waals surface area contributed by atoms with Gasteiger partial charge in [0.2, 0.25) is 0 Å². The predicted octanol–water partition coefficient (Wildman–Crippen LogP) is 3.88. The quantitative estimate of drug-likeness (QED) is 0.380. The Morgan fingerprint density at radius 1 is 1.08 bits per heavy atom. The van der Waals surface area contributed by atoms with Crippen LogP contribution in [0.5, 0.6) is 5.75 Å². The summed E-state index contributed by atoms with van der Waals surface area (Å²) >= 11 is 0. The zero-order valence-electron chi connectivity index (χ0n) is 19.8. The molecule has 2 aromatic heterocycles. The molecule has 0 amide bonds. The summed E-state index contributed by atoms with van der Waals surface area (Å²) in [5.74, 6) is -2.35. The van der Waals surface area contributed by atoms with Gasteiger partial charge in [-0.2, -0.15) is 0 Å². The van der Waals surface area contributed by atoms with E-state index in [1.807, 2.05) is 26.0 Å². The molecule has 1 atom stereocenters. The first-order valence-corrected chi connectivity index (χ1v) is 12.8. The number of sulfone groups is 1. The lowest BCUT2D eigenvalue weighted by Crippen LogP contribution is -2.19. The van der Waals surface area contributed by atoms with Gasteiger partial charge in [-0.05, 0) is 43.2 Å². The number of hydrogen-bond acceptors (Lipinski definition) is 7. The lowest BCUT2D eigenvalue weighted by molar-refractivity contribution is 0.196. The van der Waals surface area contributed by atoms with Gasteiger partial charge in [-0.1, -0.05) is 18.2 Å². The average molecular weight is 515 g/mol. The van der Waals surface area contributed by atoms with Crippen LogP contribution < -0.4 is 4.74 Å². The van der Waals surface area contributed by atoms with Crippen LogP contribution >= 0.6 is 0 Å². The van der Waals surface area contributed by atoms with E-state index in [1.165, 1.54) is 7.11 Å². The second-order valence-corrected chi connectivity index (χ2v) is 10.5. The summed E-state index contributed by atoms with van der Waals surface area (Å²) in [5, 5.41) is 18.8. The fraction of sp³-hybridized carbons (Fsp3) is 0.240. The summed E-state index contributed by atoms with van der Waals surface area (Å²) in [5.41, 5.74) is 2.51. The van der Waals surface area contributed by atoms with Crippen LogP contribution in [-0.2, 0) is 15.6 Å². The number of rotatable bonds is 8. The van der Waals surface area contributed by atoms with E-state index < -0.39 is 39.1 Å². The molecular weight excluding hydrogens is 490 g/mol. The van der Waals surface area contributed by atoms with Crippen molar-refractivity contribution in [1.82, 2.24) is 19.7 Å². The largest absolute Gasteiger partial charge is 0.495 e. The Bertz CT molecular complexity index is 1520. The maximum Gasteiger partial charge on any atom is 0.170 e. The van der Waals surface area contributed by atoms with Crippen molar-refractivity contribution in [2.24, 2.45) is 0 Å². The molecule has 2 heterocycles. The highest BCUT2D eigenvalue weighted by molar-refractivity contribution is 7.90. The van der Waals surface area contributed by atoms with Gasteiger partial charge in [-0.25, -0.2) is 17.2 Å². The summed E-state index contributed by atoms with van der Waals surface area (Å²) in [6.07, 6.45) is 1.58. The van der Waals surface area contributed by atoms with Gasteiger partial charge in [0.15, 0.2) is 21.5 Å². The van der Waals surface area contributed by atoms with Crippen LogP contribution in [-0.4, -0.2) is 46.1 Å². The smallest absolute Gasteiger partial charge is 0.170 e. The van der Waals surface area contributed by atoms with Crippen molar-refractivity contribution in [2.45, 2.75) is 25.7 Å². The van der Waals surface area contributed by atoms with Crippen molar-refractivity contribution in [2.75, 3.05) is 12.9 Å². The van der Waals surface area contributed by atoms with Crippen molar-refractivity contribution >= 4 is 9.84 Å². The second kappa shape index (κ2) is 10.1. The minimum Gasteiger partial charge on any atom is -0.495 e. The third-order valence-electron chi connectivity index (χ3n) is 5.59. The maximum atomic E-state index is 14.1. The maximum absolute atomic E-state index is 14.1. The van der Waals surface area contributed by atoms with Crippen molar-refractivity contribution < 1.29 is 27.0 Å². The third-order valence-corrected chi connectivity index (χ3v) is 7.11. The molecule has 1 N–H and O–H groups in total. The van der Waals surface area contributed by atoms with Crippen LogP contribution in [0.4, 0.5) is 8.78 Å². The highest BCUT2D eigenvalue weighted by Crippen LogP contribution is 2.32. The molecule has 0 fully saturated rings. The number of aromatic nitrogens is 4. The Morgan fingerprint density at radius 2 is 1.86 bits per heavy atom. The van der Waals surface area contributed by atoms with Crippen molar-refractivity contribution in [3.8, 4) is 22.8 Å². The van der Waals surface area contributed by atoms with Crippen molar-refractivity contribution in [3.63, 3.8) is 0 Å². The van der Waals surface area contributed by atoms with E-state index >= 15 is 0 Å². The first-order chi connectivity index (χ1) is 17.1. The SMILES string of the molecule is COc1cccc(C)c1-n1c(CS(=O)(=O)C[C@@H](O)c2ccc(F)cc2F)nnc1-c1cncc(C)c1. The summed E-state index contributed by atoms with van der Waals surface area (Å²) < 4.78 is 60.7. The van der Waals surface area contributed by atoms with Gasteiger partial charge in [0.05, 0.1) is 24.7 Å². The Kier molecular flexibility index (Phi) is 7.14. The standard InChI is InChI=1S/C25H24F2N4O4S/c1-15-9-17(12-28-11-15)25-30-29-23(31(25)24-16(2)5-4-6-22(24)35-3)14-36(33,34)13-21(32)19-8-7-18(26)10-20(19)27/h4-12,21,32H,13-14H2,1-3H3/t21-/m1/s1. The molecule has 188 valence electrons. The van der Waals surface area contributed by atoms with E-state index in [9.17, 15) is 22.3 Å². The van der Waals surface area contributed by atoms with Crippen LogP contribution in [0.25, 0.3) is 17.1 Å². The van der Waals surface area contributed by atoms with Gasteiger partial charge in [0, 0.05) is 29.6 Å². The zero-order valence-corrected chi connectivity index (χ0v) is 20.6. The van der Waals surface area contributed by atoms with Crippen molar-refractivity contribution in [1.29, 1.82) is 0 Å². The molecule has 0 saturated heterocycles. The van der Waals surface area contributed by atoms with E-state index in [1.54, 1.807) is 29.1 Å². The zero-order chi connectivity index (χ0) is 26.0. The number of pyridine rings is 1. The molecule has 0 radical (unpaired) electrons. The monoisotopic (exact) mass is 514 g/mol. The van der Waals surface area contributed by atoms with E-state index in [2.05, 4.69) is 15.2 Å². The van der Waals surface area contributed by atoms with Gasteiger partial charge in [-0.3, -0.25) is 9.55 Å². The fourth-order valence-electron chi connectivity index (χ4n) is 3.95. The van der Waals surface area contributed by atoms with E-state index in [-0.39, 0.29) is 11.4 Å². The Balaban J connectivity index is 1.78. The van der Waals surface area contributed by atoms with Gasteiger partial charge in [-0.15, -0.1) is 10.2 Å². The number of ether oxygens (including phenoxy) is 1. The molecule has 0 spiro atoms. The number of hydrogen-bond donors (Lipinski definition) is 1. The van der Waals surface area contributed by atoms with Gasteiger partial charge in [0.1, 0.15) is 23.1 Å². The van der Waals surface area contributed by atoms with Gasteiger partial charge < -0.3 is 9.84 Å². The molecular formula is C25H24F2N4O4S. The average Bonchev–Trinajstić information content (AvgIpc) is 3.20. The molecule has 0 saturated carbocycles. The molecule has 0 aliphatic carbocycles. The molecule has 0 unspecified atom stereocenters. The lowest BCUT2D eigenvalue weighted by Gasteiger charge is -2.17. The highest BCUT2D eigenvalue weighted by Gasteiger charge is 2.27. The number of methoxy groups -OCH3 is 1. The Hall–Kier alpha value is -3.70. The van der Waals surface area contributed by atoms with Crippen LogP contribution in [0.1, 0.15) is 28.6 Å². The number of benzene rings is 2. The van der Waals surface area contributed by atoms with Crippen LogP contribution in [0.15, 0.2) is 54.9 Å². The number of para-hydroxylation sites is 1. The number of halogens is 2. The topological polar surface area (TPSA) is 107 Å². The minimum atomic E-state index is -4.04. The lowest BCUT2D eigenvalue weighted by atomic mass is 10.1. The number of aliphatic hydroxyl groups excluding tert-OH is 1. The Labute approximate surface area is 207 Å². The molecule has 0 aliphatic rings. The summed E-state index contributed by atoms with van der Waals surface area (Å²) in [4.78, 5) is 4.21. The van der Waals surface area contributed by atoms with E-state index in [4.69, 9.17) is 4.74 Å². The highest BCUT2D eigenvalue weighted by atomic mass is 32.2. The van der Waals surface area contributed by atoms with Crippen LogP contribution in [0.2, 0.25) is 0 Å². The number of nitrogens with zero attached hydrogens (tertiary/aromatic N) is 4. The molecule has 11 heteroatoms. The van der Waals surface area contributed by atoms with Crippen molar-refractivity contribution in [3.05, 3.63) is 89.0 Å². The van der Waals surface area contributed by atoms with Crippen LogP contribution in [0, 0.1) is 25.5 Å². The first-order valence-electron chi connectivity index (χ1n) is 10.9. The molecule has 2 aromatic carbocycles. The summed E-state index contributed by atoms with van der Waals surface area (Å²) in [6.45, 7) is 3.71. The normalized spacial score (nSPS) is 12.5. The van der Waals surface area contributed by atoms with E-state index in [0.29, 0.717) is 28.9 Å². The summed E-state index contributed by atoms with van der Waals surface area (Å²) in [6, 6.07) is 9.80. The molecule has 8 nitrogen and oxygen atoms in total. The fourth-order valence-corrected chi connectivity index (χ4v) is 5.31.